The van der Waals surface area contributed by atoms with Crippen molar-refractivity contribution in [3.8, 4) is 10.6 Å². The Kier molecular flexibility index (Phi) is 2.24. The van der Waals surface area contributed by atoms with Gasteiger partial charge in [0.05, 0.1) is 4.88 Å². The molecule has 0 spiro atoms. The van der Waals surface area contributed by atoms with E-state index in [4.69, 9.17) is 0 Å². The summed E-state index contributed by atoms with van der Waals surface area (Å²) in [5, 5.41) is 10.2. The maximum absolute atomic E-state index is 4.67. The normalized spacial score (nSPS) is 19.2. The van der Waals surface area contributed by atoms with E-state index < -0.39 is 0 Å². The first-order valence-electron chi connectivity index (χ1n) is 5.60. The molecule has 2 aromatic rings. The molecule has 3 rings (SSSR count). The topological polar surface area (TPSA) is 29.9 Å². The zero-order valence-corrected chi connectivity index (χ0v) is 10.3. The third-order valence-electron chi connectivity index (χ3n) is 2.99. The first-order chi connectivity index (χ1) is 7.74. The maximum atomic E-state index is 4.67. The molecule has 0 aliphatic carbocycles. The first-order valence-corrected chi connectivity index (χ1v) is 6.48. The van der Waals surface area contributed by atoms with Crippen LogP contribution in [0, 0.1) is 12.8 Å². The molecule has 1 aliphatic heterocycles. The summed E-state index contributed by atoms with van der Waals surface area (Å²) in [7, 11) is 0. The third-order valence-corrected chi connectivity index (χ3v) is 4.03. The fourth-order valence-electron chi connectivity index (χ4n) is 2.08. The van der Waals surface area contributed by atoms with Crippen LogP contribution in [0.1, 0.15) is 12.5 Å². The summed E-state index contributed by atoms with van der Waals surface area (Å²) in [6, 6.07) is 4.30. The summed E-state index contributed by atoms with van der Waals surface area (Å²) in [6.45, 7) is 6.45. The molecular formula is C12H15N3S. The molecular weight excluding hydrogens is 218 g/mol. The molecule has 4 heteroatoms. The molecule has 0 fully saturated rings. The molecule has 16 heavy (non-hydrogen) atoms. The summed E-state index contributed by atoms with van der Waals surface area (Å²) in [5.74, 6) is 1.81. The number of anilines is 1. The standard InChI is InChI=1S/C12H15N3S/c1-8-6-13-11-5-10(14-15(11)7-8)12-9(2)3-4-16-12/h3-5,8,13H,6-7H2,1-2H3. The van der Waals surface area contributed by atoms with Gasteiger partial charge >= 0.3 is 0 Å². The van der Waals surface area contributed by atoms with Gasteiger partial charge in [-0.05, 0) is 29.9 Å². The molecule has 2 aromatic heterocycles. The van der Waals surface area contributed by atoms with Gasteiger partial charge in [0.1, 0.15) is 11.5 Å². The molecule has 1 N–H and O–H groups in total. The van der Waals surface area contributed by atoms with Crippen LogP contribution in [0.25, 0.3) is 10.6 Å². The van der Waals surface area contributed by atoms with Gasteiger partial charge in [-0.2, -0.15) is 5.10 Å². The van der Waals surface area contributed by atoms with Gasteiger partial charge in [0.2, 0.25) is 0 Å². The van der Waals surface area contributed by atoms with Crippen molar-refractivity contribution >= 4 is 17.2 Å². The highest BCUT2D eigenvalue weighted by Crippen LogP contribution is 2.31. The third kappa shape index (κ3) is 1.53. The Morgan fingerprint density at radius 2 is 2.44 bits per heavy atom. The Balaban J connectivity index is 2.02. The Morgan fingerprint density at radius 1 is 1.56 bits per heavy atom. The molecule has 0 saturated heterocycles. The van der Waals surface area contributed by atoms with Crippen LogP contribution in [0.15, 0.2) is 17.5 Å². The van der Waals surface area contributed by atoms with Gasteiger partial charge in [-0.1, -0.05) is 6.92 Å². The Labute approximate surface area is 99.1 Å². The predicted octanol–water partition coefficient (Wildman–Crippen LogP) is 2.98. The molecule has 0 radical (unpaired) electrons. The molecule has 84 valence electrons. The summed E-state index contributed by atoms with van der Waals surface area (Å²) in [6.07, 6.45) is 0. The molecule has 3 nitrogen and oxygen atoms in total. The molecule has 0 saturated carbocycles. The highest BCUT2D eigenvalue weighted by Gasteiger charge is 2.18. The van der Waals surface area contributed by atoms with Gasteiger partial charge in [-0.3, -0.25) is 0 Å². The van der Waals surface area contributed by atoms with Crippen LogP contribution in [-0.4, -0.2) is 16.3 Å². The zero-order valence-electron chi connectivity index (χ0n) is 9.53. The lowest BCUT2D eigenvalue weighted by molar-refractivity contribution is 0.446. The van der Waals surface area contributed by atoms with Crippen molar-refractivity contribution in [2.75, 3.05) is 11.9 Å². The maximum Gasteiger partial charge on any atom is 0.124 e. The second-order valence-corrected chi connectivity index (χ2v) is 5.43. The van der Waals surface area contributed by atoms with Crippen molar-refractivity contribution in [3.05, 3.63) is 23.1 Å². The van der Waals surface area contributed by atoms with Crippen molar-refractivity contribution in [2.24, 2.45) is 5.92 Å². The number of aromatic nitrogens is 2. The van der Waals surface area contributed by atoms with E-state index >= 15 is 0 Å². The van der Waals surface area contributed by atoms with E-state index in [1.807, 2.05) is 0 Å². The molecule has 0 bridgehead atoms. The SMILES string of the molecule is Cc1ccsc1-c1cc2n(n1)CC(C)CN2. The number of hydrogen-bond acceptors (Lipinski definition) is 3. The fourth-order valence-corrected chi connectivity index (χ4v) is 2.97. The monoisotopic (exact) mass is 233 g/mol. The zero-order chi connectivity index (χ0) is 11.1. The number of fused-ring (bicyclic) bond motifs is 1. The van der Waals surface area contributed by atoms with Crippen LogP contribution in [0.4, 0.5) is 5.82 Å². The van der Waals surface area contributed by atoms with Crippen molar-refractivity contribution in [1.82, 2.24) is 9.78 Å². The van der Waals surface area contributed by atoms with Gasteiger partial charge in [-0.15, -0.1) is 11.3 Å². The lowest BCUT2D eigenvalue weighted by Crippen LogP contribution is -2.25. The van der Waals surface area contributed by atoms with Crippen LogP contribution in [0.2, 0.25) is 0 Å². The highest BCUT2D eigenvalue weighted by atomic mass is 32.1. The second kappa shape index (κ2) is 3.63. The average Bonchev–Trinajstić information content (AvgIpc) is 2.82. The molecule has 1 aliphatic rings. The van der Waals surface area contributed by atoms with Crippen molar-refractivity contribution < 1.29 is 0 Å². The minimum Gasteiger partial charge on any atom is -0.370 e. The predicted molar refractivity (Wildman–Crippen MR) is 67.9 cm³/mol. The highest BCUT2D eigenvalue weighted by molar-refractivity contribution is 7.13. The first kappa shape index (κ1) is 9.90. The van der Waals surface area contributed by atoms with E-state index in [-0.39, 0.29) is 0 Å². The average molecular weight is 233 g/mol. The van der Waals surface area contributed by atoms with Gasteiger partial charge in [-0.25, -0.2) is 4.68 Å². The van der Waals surface area contributed by atoms with Gasteiger partial charge in [0, 0.05) is 19.2 Å². The van der Waals surface area contributed by atoms with Crippen molar-refractivity contribution in [3.63, 3.8) is 0 Å². The van der Waals surface area contributed by atoms with Crippen molar-refractivity contribution in [2.45, 2.75) is 20.4 Å². The van der Waals surface area contributed by atoms with E-state index in [9.17, 15) is 0 Å². The number of nitrogens with one attached hydrogen (secondary N) is 1. The number of thiophene rings is 1. The molecule has 1 unspecified atom stereocenters. The molecule has 1 atom stereocenters. The van der Waals surface area contributed by atoms with E-state index in [0.717, 1.165) is 24.6 Å². The Morgan fingerprint density at radius 3 is 3.19 bits per heavy atom. The summed E-state index contributed by atoms with van der Waals surface area (Å²) >= 11 is 1.76. The van der Waals surface area contributed by atoms with Gasteiger partial charge in [0.15, 0.2) is 0 Å². The lowest BCUT2D eigenvalue weighted by Gasteiger charge is -2.21. The van der Waals surface area contributed by atoms with Crippen LogP contribution in [-0.2, 0) is 6.54 Å². The molecule has 0 amide bonds. The van der Waals surface area contributed by atoms with Crippen molar-refractivity contribution in [1.29, 1.82) is 0 Å². The molecule has 0 aromatic carbocycles. The number of rotatable bonds is 1. The van der Waals surface area contributed by atoms with Crippen LogP contribution >= 0.6 is 11.3 Å². The number of aryl methyl sites for hydroxylation is 1. The minimum atomic E-state index is 0.657. The second-order valence-electron chi connectivity index (χ2n) is 4.52. The Hall–Kier alpha value is -1.29. The van der Waals surface area contributed by atoms with Crippen LogP contribution in [0.3, 0.4) is 0 Å². The van der Waals surface area contributed by atoms with E-state index in [1.165, 1.54) is 10.4 Å². The fraction of sp³-hybridized carbons (Fsp3) is 0.417. The van der Waals surface area contributed by atoms with E-state index in [0.29, 0.717) is 5.92 Å². The van der Waals surface area contributed by atoms with E-state index in [1.54, 1.807) is 11.3 Å². The smallest absolute Gasteiger partial charge is 0.124 e. The summed E-state index contributed by atoms with van der Waals surface area (Å²) in [4.78, 5) is 1.29. The largest absolute Gasteiger partial charge is 0.370 e. The summed E-state index contributed by atoms with van der Waals surface area (Å²) < 4.78 is 2.09. The van der Waals surface area contributed by atoms with E-state index in [2.05, 4.69) is 46.5 Å². The van der Waals surface area contributed by atoms with Crippen LogP contribution in [0.5, 0.6) is 0 Å². The lowest BCUT2D eigenvalue weighted by atomic mass is 10.1. The van der Waals surface area contributed by atoms with Crippen LogP contribution < -0.4 is 5.32 Å². The van der Waals surface area contributed by atoms with Gasteiger partial charge < -0.3 is 5.32 Å². The molecule has 3 heterocycles. The quantitative estimate of drug-likeness (QED) is 0.820. The number of hydrogen-bond donors (Lipinski definition) is 1. The number of nitrogens with zero attached hydrogens (tertiary/aromatic N) is 2. The minimum absolute atomic E-state index is 0.657. The summed E-state index contributed by atoms with van der Waals surface area (Å²) in [5.41, 5.74) is 2.41. The Bertz CT molecular complexity index is 512. The van der Waals surface area contributed by atoms with Gasteiger partial charge in [0.25, 0.3) is 0 Å².